The first-order chi connectivity index (χ1) is 6.02. The van der Waals surface area contributed by atoms with Crippen LogP contribution >= 0.6 is 12.6 Å². The van der Waals surface area contributed by atoms with Crippen molar-refractivity contribution in [2.24, 2.45) is 5.73 Å². The second-order valence-electron chi connectivity index (χ2n) is 2.98. The Balaban J connectivity index is 2.59. The van der Waals surface area contributed by atoms with Crippen molar-refractivity contribution in [3.8, 4) is 0 Å². The fourth-order valence-corrected chi connectivity index (χ4v) is 1.31. The molecule has 1 aliphatic heterocycles. The van der Waals surface area contributed by atoms with Crippen molar-refractivity contribution < 1.29 is 9.90 Å². The van der Waals surface area contributed by atoms with Crippen molar-refractivity contribution in [3.05, 3.63) is 10.7 Å². The molecule has 13 heavy (non-hydrogen) atoms. The van der Waals surface area contributed by atoms with Crippen molar-refractivity contribution in [2.75, 3.05) is 13.7 Å². The number of carboxylic acid groups (broad SMARTS) is 1. The van der Waals surface area contributed by atoms with Gasteiger partial charge in [-0.2, -0.15) is 0 Å². The molecule has 0 spiro atoms. The van der Waals surface area contributed by atoms with Crippen molar-refractivity contribution in [2.45, 2.75) is 12.5 Å². The summed E-state index contributed by atoms with van der Waals surface area (Å²) in [4.78, 5) is 12.3. The van der Waals surface area contributed by atoms with Gasteiger partial charge >= 0.3 is 5.97 Å². The van der Waals surface area contributed by atoms with Crippen LogP contribution in [0.5, 0.6) is 0 Å². The summed E-state index contributed by atoms with van der Waals surface area (Å²) in [5.41, 5.74) is 6.17. The van der Waals surface area contributed by atoms with E-state index in [1.54, 1.807) is 0 Å². The summed E-state index contributed by atoms with van der Waals surface area (Å²) >= 11 is 4.22. The lowest BCUT2D eigenvalue weighted by Gasteiger charge is -2.09. The molecule has 0 aromatic heterocycles. The van der Waals surface area contributed by atoms with Crippen LogP contribution in [0.15, 0.2) is 10.7 Å². The summed E-state index contributed by atoms with van der Waals surface area (Å²) in [7, 11) is 1.87. The van der Waals surface area contributed by atoms with Gasteiger partial charge in [-0.1, -0.05) is 0 Å². The Morgan fingerprint density at radius 1 is 1.92 bits per heavy atom. The number of carbonyl (C=O) groups is 1. The number of hydrogen-bond acceptors (Lipinski definition) is 5. The van der Waals surface area contributed by atoms with Gasteiger partial charge < -0.3 is 21.1 Å². The van der Waals surface area contributed by atoms with Gasteiger partial charge in [0.2, 0.25) is 0 Å². The number of hydrogen-bond donors (Lipinski definition) is 4. The molecule has 0 saturated carbocycles. The lowest BCUT2D eigenvalue weighted by atomic mass is 10.2. The fourth-order valence-electron chi connectivity index (χ4n) is 1.07. The maximum Gasteiger partial charge on any atom is 0.320 e. The SMILES string of the molecule is CN1CNC(CC(N)C(=O)O)=C1S. The predicted molar refractivity (Wildman–Crippen MR) is 52.0 cm³/mol. The Hall–Kier alpha value is -0.880. The van der Waals surface area contributed by atoms with E-state index in [4.69, 9.17) is 10.8 Å². The molecule has 1 rings (SSSR count). The molecule has 0 radical (unpaired) electrons. The minimum Gasteiger partial charge on any atom is -0.480 e. The number of carboxylic acids is 1. The Bertz CT molecular complexity index is 254. The zero-order valence-corrected chi connectivity index (χ0v) is 8.21. The molecule has 0 aromatic carbocycles. The van der Waals surface area contributed by atoms with Crippen LogP contribution in [0.4, 0.5) is 0 Å². The Kier molecular flexibility index (Phi) is 3.05. The van der Waals surface area contributed by atoms with Crippen LogP contribution in [0.2, 0.25) is 0 Å². The largest absolute Gasteiger partial charge is 0.480 e. The highest BCUT2D eigenvalue weighted by Crippen LogP contribution is 2.19. The van der Waals surface area contributed by atoms with Crippen LogP contribution in [0, 0.1) is 0 Å². The van der Waals surface area contributed by atoms with Crippen LogP contribution < -0.4 is 11.1 Å². The van der Waals surface area contributed by atoms with Gasteiger partial charge in [-0.25, -0.2) is 0 Å². The molecular weight excluding hydrogens is 190 g/mol. The minimum atomic E-state index is -0.995. The summed E-state index contributed by atoms with van der Waals surface area (Å²) in [6.45, 7) is 0.653. The van der Waals surface area contributed by atoms with Gasteiger partial charge in [0.1, 0.15) is 6.04 Å². The molecule has 74 valence electrons. The standard InChI is InChI=1S/C7H13N3O2S/c1-10-3-9-5(6(10)13)2-4(8)7(11)12/h4,9,13H,2-3,8H2,1H3,(H,11,12). The molecule has 0 aromatic rings. The molecule has 1 atom stereocenters. The van der Waals surface area contributed by atoms with Gasteiger partial charge in [-0.05, 0) is 0 Å². The first-order valence-corrected chi connectivity index (χ1v) is 4.32. The summed E-state index contributed by atoms with van der Waals surface area (Å²) in [5, 5.41) is 12.4. The number of nitrogens with one attached hydrogen (secondary N) is 1. The topological polar surface area (TPSA) is 78.6 Å². The van der Waals surface area contributed by atoms with Gasteiger partial charge in [0.25, 0.3) is 0 Å². The van der Waals surface area contributed by atoms with Gasteiger partial charge in [0.05, 0.1) is 11.7 Å². The zero-order valence-electron chi connectivity index (χ0n) is 7.32. The van der Waals surface area contributed by atoms with E-state index in [1.807, 2.05) is 11.9 Å². The quantitative estimate of drug-likeness (QED) is 0.460. The smallest absolute Gasteiger partial charge is 0.320 e. The Labute approximate surface area is 82.0 Å². The molecule has 0 saturated heterocycles. The molecular formula is C7H13N3O2S. The van der Waals surface area contributed by atoms with Crippen LogP contribution in [0.25, 0.3) is 0 Å². The molecule has 0 aliphatic carbocycles. The maximum atomic E-state index is 10.5. The minimum absolute atomic E-state index is 0.290. The number of thiol groups is 1. The fraction of sp³-hybridized carbons (Fsp3) is 0.571. The normalized spacial score (nSPS) is 18.8. The van der Waals surface area contributed by atoms with E-state index in [9.17, 15) is 4.79 Å². The van der Waals surface area contributed by atoms with E-state index in [0.29, 0.717) is 13.1 Å². The molecule has 1 unspecified atom stereocenters. The van der Waals surface area contributed by atoms with Crippen molar-refractivity contribution in [3.63, 3.8) is 0 Å². The van der Waals surface area contributed by atoms with Gasteiger partial charge in [-0.15, -0.1) is 12.6 Å². The molecule has 1 aliphatic rings. The second-order valence-corrected chi connectivity index (χ2v) is 3.41. The maximum absolute atomic E-state index is 10.5. The van der Waals surface area contributed by atoms with E-state index < -0.39 is 12.0 Å². The van der Waals surface area contributed by atoms with Gasteiger partial charge in [0, 0.05) is 19.2 Å². The molecule has 6 heteroatoms. The van der Waals surface area contributed by atoms with Crippen molar-refractivity contribution in [1.82, 2.24) is 10.2 Å². The lowest BCUT2D eigenvalue weighted by Crippen LogP contribution is -2.32. The number of nitrogens with zero attached hydrogens (tertiary/aromatic N) is 1. The summed E-state index contributed by atoms with van der Waals surface area (Å²) in [6.07, 6.45) is 0.290. The third-order valence-corrected chi connectivity index (χ3v) is 2.51. The van der Waals surface area contributed by atoms with Crippen LogP contribution in [0.1, 0.15) is 6.42 Å². The first kappa shape index (κ1) is 10.2. The molecule has 0 amide bonds. The summed E-state index contributed by atoms with van der Waals surface area (Å²) in [5.74, 6) is -0.995. The van der Waals surface area contributed by atoms with Gasteiger partial charge in [-0.3, -0.25) is 4.79 Å². The molecule has 5 nitrogen and oxygen atoms in total. The third kappa shape index (κ3) is 2.28. The van der Waals surface area contributed by atoms with Gasteiger partial charge in [0.15, 0.2) is 0 Å². The van der Waals surface area contributed by atoms with E-state index in [-0.39, 0.29) is 0 Å². The molecule has 0 fully saturated rings. The second kappa shape index (κ2) is 3.89. The number of aliphatic carboxylic acids is 1. The molecule has 0 bridgehead atoms. The van der Waals surface area contributed by atoms with E-state index in [2.05, 4.69) is 17.9 Å². The highest BCUT2D eigenvalue weighted by molar-refractivity contribution is 7.84. The monoisotopic (exact) mass is 203 g/mol. The highest BCUT2D eigenvalue weighted by Gasteiger charge is 2.20. The molecule has 4 N–H and O–H groups in total. The van der Waals surface area contributed by atoms with E-state index >= 15 is 0 Å². The van der Waals surface area contributed by atoms with Crippen molar-refractivity contribution in [1.29, 1.82) is 0 Å². The van der Waals surface area contributed by atoms with E-state index in [1.165, 1.54) is 0 Å². The number of nitrogens with two attached hydrogens (primary N) is 1. The summed E-state index contributed by atoms with van der Waals surface area (Å²) < 4.78 is 0. The third-order valence-electron chi connectivity index (χ3n) is 1.90. The predicted octanol–water partition coefficient (Wildman–Crippen LogP) is -0.620. The van der Waals surface area contributed by atoms with Crippen LogP contribution in [0.3, 0.4) is 0 Å². The average molecular weight is 203 g/mol. The molecule has 1 heterocycles. The highest BCUT2D eigenvalue weighted by atomic mass is 32.1. The van der Waals surface area contributed by atoms with E-state index in [0.717, 1.165) is 10.7 Å². The Morgan fingerprint density at radius 2 is 2.54 bits per heavy atom. The number of rotatable bonds is 3. The van der Waals surface area contributed by atoms with Crippen molar-refractivity contribution >= 4 is 18.6 Å². The zero-order chi connectivity index (χ0) is 10.0. The first-order valence-electron chi connectivity index (χ1n) is 3.88. The van der Waals surface area contributed by atoms with Crippen LogP contribution in [-0.2, 0) is 4.79 Å². The van der Waals surface area contributed by atoms with Crippen LogP contribution in [-0.4, -0.2) is 35.7 Å². The lowest BCUT2D eigenvalue weighted by molar-refractivity contribution is -0.138. The average Bonchev–Trinajstić information content (AvgIpc) is 2.36. The summed E-state index contributed by atoms with van der Waals surface area (Å²) in [6, 6.07) is -0.865. The Morgan fingerprint density at radius 3 is 2.92 bits per heavy atom.